The maximum absolute atomic E-state index is 13.0. The molecule has 2 aromatic carbocycles. The molecule has 0 spiro atoms. The summed E-state index contributed by atoms with van der Waals surface area (Å²) in [5.41, 5.74) is 0.883. The summed E-state index contributed by atoms with van der Waals surface area (Å²) in [6, 6.07) is 13.3. The molecule has 0 bridgehead atoms. The van der Waals surface area contributed by atoms with Crippen LogP contribution in [0.2, 0.25) is 0 Å². The first-order chi connectivity index (χ1) is 12.9. The lowest BCUT2D eigenvalue weighted by Crippen LogP contribution is -2.53. The van der Waals surface area contributed by atoms with E-state index in [1.165, 1.54) is 9.31 Å². The molecular weight excluding hydrogens is 368 g/mol. The van der Waals surface area contributed by atoms with Gasteiger partial charge >= 0.3 is 0 Å². The van der Waals surface area contributed by atoms with E-state index in [0.29, 0.717) is 16.9 Å². The number of amides is 1. The third-order valence-corrected chi connectivity index (χ3v) is 6.30. The van der Waals surface area contributed by atoms with Gasteiger partial charge in [-0.3, -0.25) is 9.69 Å². The Bertz CT molecular complexity index is 1050. The average Bonchev–Trinajstić information content (AvgIpc) is 3.17. The monoisotopic (exact) mass is 386 g/mol. The molecule has 0 saturated heterocycles. The molecule has 0 saturated carbocycles. The molecule has 1 atom stereocenters. The summed E-state index contributed by atoms with van der Waals surface area (Å²) in [5.74, 6) is 0.484. The van der Waals surface area contributed by atoms with E-state index >= 15 is 0 Å². The maximum Gasteiger partial charge on any atom is 0.277 e. The molecule has 0 aromatic heterocycles. The molecule has 140 valence electrons. The molecule has 0 radical (unpaired) electrons. The summed E-state index contributed by atoms with van der Waals surface area (Å²) in [6.45, 7) is 0. The Morgan fingerprint density at radius 3 is 2.41 bits per heavy atom. The van der Waals surface area contributed by atoms with Crippen LogP contribution in [0.1, 0.15) is 15.9 Å². The summed E-state index contributed by atoms with van der Waals surface area (Å²) in [4.78, 5) is 14.9. The Balaban J connectivity index is 1.81. The van der Waals surface area contributed by atoms with Gasteiger partial charge in [0.05, 0.1) is 12.0 Å². The fourth-order valence-corrected chi connectivity index (χ4v) is 5.03. The SMILES string of the molecule is COc1ccc(C(=O)N2N=C3c4ccccc4S(=O)(=O)N3[C@@H]2N(C)C)cc1. The number of nitrogens with zero attached hydrogens (tertiary/aromatic N) is 4. The van der Waals surface area contributed by atoms with Crippen LogP contribution in [0.25, 0.3) is 0 Å². The van der Waals surface area contributed by atoms with Gasteiger partial charge in [0.25, 0.3) is 15.9 Å². The summed E-state index contributed by atoms with van der Waals surface area (Å²) in [5, 5.41) is 5.58. The molecule has 0 fully saturated rings. The van der Waals surface area contributed by atoms with E-state index < -0.39 is 22.2 Å². The Morgan fingerprint density at radius 1 is 1.11 bits per heavy atom. The minimum Gasteiger partial charge on any atom is -0.497 e. The number of fused-ring (bicyclic) bond motifs is 3. The maximum atomic E-state index is 13.0. The third-order valence-electron chi connectivity index (χ3n) is 4.51. The van der Waals surface area contributed by atoms with Crippen molar-refractivity contribution in [3.05, 3.63) is 59.7 Å². The van der Waals surface area contributed by atoms with Crippen LogP contribution >= 0.6 is 0 Å². The van der Waals surface area contributed by atoms with Gasteiger partial charge in [-0.05, 0) is 50.5 Å². The molecule has 0 N–H and O–H groups in total. The predicted octanol–water partition coefficient (Wildman–Crippen LogP) is 1.36. The van der Waals surface area contributed by atoms with Gasteiger partial charge in [0.2, 0.25) is 0 Å². The second-order valence-electron chi connectivity index (χ2n) is 6.41. The van der Waals surface area contributed by atoms with Crippen LogP contribution in [0.3, 0.4) is 0 Å². The van der Waals surface area contributed by atoms with E-state index in [2.05, 4.69) is 5.10 Å². The van der Waals surface area contributed by atoms with Crippen molar-refractivity contribution in [2.45, 2.75) is 11.2 Å². The Hall–Kier alpha value is -2.91. The lowest BCUT2D eigenvalue weighted by molar-refractivity contribution is 0.0341. The molecule has 2 aliphatic rings. The molecule has 0 unspecified atom stereocenters. The number of sulfonamides is 1. The highest BCUT2D eigenvalue weighted by atomic mass is 32.2. The van der Waals surface area contributed by atoms with E-state index in [9.17, 15) is 13.2 Å². The quantitative estimate of drug-likeness (QED) is 0.796. The normalized spacial score (nSPS) is 19.7. The van der Waals surface area contributed by atoms with Crippen LogP contribution in [0, 0.1) is 0 Å². The number of benzene rings is 2. The van der Waals surface area contributed by atoms with Crippen LogP contribution < -0.4 is 4.74 Å². The summed E-state index contributed by atoms with van der Waals surface area (Å²) >= 11 is 0. The predicted molar refractivity (Wildman–Crippen MR) is 98.6 cm³/mol. The topological polar surface area (TPSA) is 82.5 Å². The highest BCUT2D eigenvalue weighted by Gasteiger charge is 2.52. The molecule has 8 nitrogen and oxygen atoms in total. The van der Waals surface area contributed by atoms with Crippen LogP contribution in [-0.2, 0) is 10.0 Å². The van der Waals surface area contributed by atoms with E-state index in [4.69, 9.17) is 4.74 Å². The van der Waals surface area contributed by atoms with Gasteiger partial charge in [0.1, 0.15) is 5.75 Å². The number of carbonyl (C=O) groups excluding carboxylic acids is 1. The Labute approximate surface area is 157 Å². The van der Waals surface area contributed by atoms with E-state index in [1.54, 1.807) is 74.6 Å². The number of ether oxygens (including phenoxy) is 1. The number of methoxy groups -OCH3 is 1. The van der Waals surface area contributed by atoms with Crippen molar-refractivity contribution in [3.8, 4) is 5.75 Å². The van der Waals surface area contributed by atoms with Crippen LogP contribution in [0.15, 0.2) is 58.5 Å². The standard InChI is InChI=1S/C18H18N4O4S/c1-20(2)18-21(17(23)12-8-10-13(26-3)11-9-12)19-16-14-6-4-5-7-15(14)27(24,25)22(16)18/h4-11,18H,1-3H3/t18-/m1/s1. The van der Waals surface area contributed by atoms with Crippen LogP contribution in [0.5, 0.6) is 5.75 Å². The molecule has 2 heterocycles. The molecule has 1 amide bonds. The van der Waals surface area contributed by atoms with Crippen molar-refractivity contribution < 1.29 is 17.9 Å². The molecular formula is C18H18N4O4S. The van der Waals surface area contributed by atoms with E-state index in [-0.39, 0.29) is 10.7 Å². The summed E-state index contributed by atoms with van der Waals surface area (Å²) < 4.78 is 32.4. The van der Waals surface area contributed by atoms with Crippen LogP contribution in [0.4, 0.5) is 0 Å². The average molecular weight is 386 g/mol. The lowest BCUT2D eigenvalue weighted by atomic mass is 10.2. The molecule has 2 aromatic rings. The van der Waals surface area contributed by atoms with Gasteiger partial charge in [-0.15, -0.1) is 5.10 Å². The first-order valence-electron chi connectivity index (χ1n) is 8.23. The Kier molecular flexibility index (Phi) is 3.93. The smallest absolute Gasteiger partial charge is 0.277 e. The molecule has 27 heavy (non-hydrogen) atoms. The van der Waals surface area contributed by atoms with Gasteiger partial charge in [-0.25, -0.2) is 12.7 Å². The highest BCUT2D eigenvalue weighted by Crippen LogP contribution is 2.38. The van der Waals surface area contributed by atoms with Gasteiger partial charge in [-0.2, -0.15) is 5.01 Å². The van der Waals surface area contributed by atoms with E-state index in [1.807, 2.05) is 0 Å². The van der Waals surface area contributed by atoms with Crippen molar-refractivity contribution in [3.63, 3.8) is 0 Å². The second kappa shape index (κ2) is 6.07. The van der Waals surface area contributed by atoms with Crippen molar-refractivity contribution in [1.82, 2.24) is 14.2 Å². The lowest BCUT2D eigenvalue weighted by Gasteiger charge is -2.32. The number of amidine groups is 1. The molecule has 9 heteroatoms. The third kappa shape index (κ3) is 2.50. The highest BCUT2D eigenvalue weighted by molar-refractivity contribution is 7.90. The minimum absolute atomic E-state index is 0.201. The number of hydrazone groups is 1. The first kappa shape index (κ1) is 17.5. The fourth-order valence-electron chi connectivity index (χ4n) is 3.24. The summed E-state index contributed by atoms with van der Waals surface area (Å²) in [7, 11) is 1.16. The zero-order valence-electron chi connectivity index (χ0n) is 15.0. The first-order valence-corrected chi connectivity index (χ1v) is 9.67. The zero-order chi connectivity index (χ0) is 19.3. The Morgan fingerprint density at radius 2 is 1.78 bits per heavy atom. The molecule has 0 aliphatic carbocycles. The van der Waals surface area contributed by atoms with Gasteiger partial charge in [0, 0.05) is 11.1 Å². The fraction of sp³-hybridized carbons (Fsp3) is 0.222. The van der Waals surface area contributed by atoms with Gasteiger partial charge < -0.3 is 4.74 Å². The van der Waals surface area contributed by atoms with Crippen molar-refractivity contribution in [2.75, 3.05) is 21.2 Å². The second-order valence-corrected chi connectivity index (χ2v) is 8.19. The number of hydrogen-bond acceptors (Lipinski definition) is 6. The van der Waals surface area contributed by atoms with Crippen molar-refractivity contribution in [2.24, 2.45) is 5.10 Å². The van der Waals surface area contributed by atoms with Gasteiger partial charge in [-0.1, -0.05) is 12.1 Å². The molecule has 2 aliphatic heterocycles. The molecule has 4 rings (SSSR count). The number of carbonyl (C=O) groups is 1. The minimum atomic E-state index is -3.79. The zero-order valence-corrected chi connectivity index (χ0v) is 15.8. The number of hydrogen-bond donors (Lipinski definition) is 0. The van der Waals surface area contributed by atoms with Crippen molar-refractivity contribution in [1.29, 1.82) is 0 Å². The van der Waals surface area contributed by atoms with Gasteiger partial charge in [0.15, 0.2) is 12.1 Å². The van der Waals surface area contributed by atoms with E-state index in [0.717, 1.165) is 0 Å². The largest absolute Gasteiger partial charge is 0.497 e. The summed E-state index contributed by atoms with van der Waals surface area (Å²) in [6.07, 6.45) is -0.882. The van der Waals surface area contributed by atoms with Crippen molar-refractivity contribution >= 4 is 21.8 Å². The number of rotatable bonds is 3. The van der Waals surface area contributed by atoms with Crippen LogP contribution in [-0.4, -0.2) is 61.9 Å².